The second-order valence-corrected chi connectivity index (χ2v) is 5.64. The monoisotopic (exact) mass is 433 g/mol. The molecule has 0 aliphatic heterocycles. The molecule has 0 saturated carbocycles. The van der Waals surface area contributed by atoms with E-state index in [2.05, 4.69) is 15.1 Å². The molecule has 6 nitrogen and oxygen atoms in total. The Balaban J connectivity index is 1.77. The topological polar surface area (TPSA) is 76.6 Å². The third-order valence-electron chi connectivity index (χ3n) is 2.21. The maximum atomic E-state index is 8.74. The van der Waals surface area contributed by atoms with Crippen LogP contribution < -0.4 is 4.74 Å². The van der Waals surface area contributed by atoms with Gasteiger partial charge in [0, 0.05) is 0 Å². The summed E-state index contributed by atoms with van der Waals surface area (Å²) in [5, 5.41) is 13.0. The molecule has 0 aliphatic rings. The number of hydrogen-bond acceptors (Lipinski definition) is 5. The number of aryl methyl sites for hydroxylation is 1. The quantitative estimate of drug-likeness (QED) is 0.508. The van der Waals surface area contributed by atoms with Crippen molar-refractivity contribution < 1.29 is 4.74 Å². The Morgan fingerprint density at radius 2 is 2.33 bits per heavy atom. The molecule has 0 unspecified atom stereocenters. The summed E-state index contributed by atoms with van der Waals surface area (Å²) in [6.45, 7) is 0.542. The van der Waals surface area contributed by atoms with Crippen LogP contribution in [0.25, 0.3) is 0 Å². The van der Waals surface area contributed by atoms with Gasteiger partial charge in [0.15, 0.2) is 0 Å². The number of hydrogen-bond donors (Lipinski definition) is 0. The van der Waals surface area contributed by atoms with Crippen LogP contribution in [0.4, 0.5) is 0 Å². The van der Waals surface area contributed by atoms with E-state index in [4.69, 9.17) is 10.00 Å². The third kappa shape index (κ3) is 3.76. The summed E-state index contributed by atoms with van der Waals surface area (Å²) in [6.07, 6.45) is 4.93. The van der Waals surface area contributed by atoms with Gasteiger partial charge in [0.2, 0.25) is 0 Å². The van der Waals surface area contributed by atoms with Gasteiger partial charge in [-0.2, -0.15) is 0 Å². The Morgan fingerprint density at radius 1 is 1.44 bits per heavy atom. The van der Waals surface area contributed by atoms with Gasteiger partial charge in [-0.1, -0.05) is 0 Å². The van der Waals surface area contributed by atoms with Crippen LogP contribution in [-0.4, -0.2) is 50.2 Å². The molecule has 0 spiro atoms. The average molecular weight is 433 g/mol. The maximum absolute atomic E-state index is 8.74. The van der Waals surface area contributed by atoms with Gasteiger partial charge in [-0.15, -0.1) is 0 Å². The summed E-state index contributed by atoms with van der Waals surface area (Å²) in [5.74, 6) is 1.33. The Labute approximate surface area is 121 Å². The van der Waals surface area contributed by atoms with Crippen LogP contribution in [0.3, 0.4) is 0 Å². The van der Waals surface area contributed by atoms with Crippen LogP contribution in [0.5, 0.6) is 5.88 Å². The van der Waals surface area contributed by atoms with Crippen molar-refractivity contribution in [1.82, 2.24) is 17.6 Å². The van der Waals surface area contributed by atoms with E-state index in [-0.39, 0.29) is 0 Å². The zero-order chi connectivity index (χ0) is 12.8. The first-order valence-electron chi connectivity index (χ1n) is 5.42. The number of rotatable bonds is 5. The molecule has 0 fully saturated rings. The predicted octanol–water partition coefficient (Wildman–Crippen LogP) is 0.488. The SMILES string of the molecule is N#Cc1ccnc(OCCCc2nc[n]([Tl])n2)c1. The molecular weight excluding hydrogens is 423 g/mol. The van der Waals surface area contributed by atoms with Crippen LogP contribution in [0.15, 0.2) is 24.7 Å². The molecule has 2 rings (SSSR count). The summed E-state index contributed by atoms with van der Waals surface area (Å²) in [7, 11) is 0. The van der Waals surface area contributed by atoms with Gasteiger partial charge in [0.1, 0.15) is 0 Å². The van der Waals surface area contributed by atoms with Crippen molar-refractivity contribution in [3.05, 3.63) is 36.0 Å². The number of aromatic nitrogens is 4. The first-order chi connectivity index (χ1) is 8.78. The normalized spacial score (nSPS) is 9.89. The van der Waals surface area contributed by atoms with E-state index in [0.717, 1.165) is 18.7 Å². The first-order valence-corrected chi connectivity index (χ1v) is 7.43. The zero-order valence-corrected chi connectivity index (χ0v) is 14.1. The van der Waals surface area contributed by atoms with Gasteiger partial charge in [-0.3, -0.25) is 0 Å². The van der Waals surface area contributed by atoms with E-state index in [9.17, 15) is 0 Å². The molecule has 0 bridgehead atoms. The Hall–Kier alpha value is -1.50. The molecule has 0 atom stereocenters. The van der Waals surface area contributed by atoms with E-state index in [1.54, 1.807) is 24.7 Å². The molecule has 7 heteroatoms. The third-order valence-corrected chi connectivity index (χ3v) is 3.18. The van der Waals surface area contributed by atoms with Gasteiger partial charge in [0.05, 0.1) is 0 Å². The van der Waals surface area contributed by atoms with Crippen molar-refractivity contribution in [2.24, 2.45) is 0 Å². The standard InChI is InChI=1S/C11H10N5O.Tl/c12-7-9-3-4-13-11(6-9)17-5-1-2-10-14-8-15-16-10;/h3-4,6,8H,1-2,5H2;/q-1;+1. The fraction of sp³-hybridized carbons (Fsp3) is 0.273. The van der Waals surface area contributed by atoms with E-state index in [1.165, 1.54) is 0 Å². The van der Waals surface area contributed by atoms with Crippen LogP contribution >= 0.6 is 0 Å². The molecule has 2 aromatic rings. The molecular formula is C11H10N5OTl. The van der Waals surface area contributed by atoms with Crippen molar-refractivity contribution in [2.45, 2.75) is 12.8 Å². The van der Waals surface area contributed by atoms with Crippen molar-refractivity contribution in [3.63, 3.8) is 0 Å². The minimum absolute atomic E-state index is 0.483. The van der Waals surface area contributed by atoms with Crippen molar-refractivity contribution in [2.75, 3.05) is 6.61 Å². The second-order valence-electron chi connectivity index (χ2n) is 3.59. The Kier molecular flexibility index (Phi) is 4.63. The molecule has 2 heterocycles. The zero-order valence-electron chi connectivity index (χ0n) is 9.65. The molecule has 2 aromatic heterocycles. The van der Waals surface area contributed by atoms with Crippen LogP contribution in [0.2, 0.25) is 0 Å². The first kappa shape index (κ1) is 12.9. The van der Waals surface area contributed by atoms with E-state index in [1.807, 2.05) is 8.56 Å². The number of nitrogens with zero attached hydrogens (tertiary/aromatic N) is 5. The van der Waals surface area contributed by atoms with E-state index in [0.29, 0.717) is 44.1 Å². The van der Waals surface area contributed by atoms with Crippen LogP contribution in [0.1, 0.15) is 17.8 Å². The van der Waals surface area contributed by atoms with Gasteiger partial charge in [-0.25, -0.2) is 0 Å². The summed E-state index contributed by atoms with van der Waals surface area (Å²) in [4.78, 5) is 8.20. The molecule has 0 amide bonds. The molecule has 0 radical (unpaired) electrons. The number of ether oxygens (including phenoxy) is 1. The van der Waals surface area contributed by atoms with Gasteiger partial charge in [0.25, 0.3) is 0 Å². The Bertz CT molecular complexity index is 563. The van der Waals surface area contributed by atoms with Crippen molar-refractivity contribution in [3.8, 4) is 11.9 Å². The molecule has 0 aromatic carbocycles. The fourth-order valence-electron chi connectivity index (χ4n) is 1.39. The van der Waals surface area contributed by atoms with Crippen molar-refractivity contribution in [1.29, 1.82) is 5.26 Å². The van der Waals surface area contributed by atoms with Gasteiger partial charge >= 0.3 is 121 Å². The Morgan fingerprint density at radius 3 is 3.06 bits per heavy atom. The summed E-state index contributed by atoms with van der Waals surface area (Å²) >= 11 is 0.658. The predicted molar refractivity (Wildman–Crippen MR) is 63.9 cm³/mol. The minimum atomic E-state index is 0.483. The molecule has 0 aliphatic carbocycles. The molecule has 18 heavy (non-hydrogen) atoms. The van der Waals surface area contributed by atoms with E-state index < -0.39 is 0 Å². The molecule has 0 N–H and O–H groups in total. The van der Waals surface area contributed by atoms with Gasteiger partial charge < -0.3 is 0 Å². The van der Waals surface area contributed by atoms with Crippen LogP contribution in [-0.2, 0) is 6.42 Å². The van der Waals surface area contributed by atoms with Gasteiger partial charge in [-0.05, 0) is 0 Å². The van der Waals surface area contributed by atoms with E-state index >= 15 is 0 Å². The second kappa shape index (κ2) is 6.44. The molecule has 88 valence electrons. The summed E-state index contributed by atoms with van der Waals surface area (Å²) < 4.78 is 7.30. The van der Waals surface area contributed by atoms with Crippen molar-refractivity contribution >= 4 is 26.1 Å². The van der Waals surface area contributed by atoms with Crippen LogP contribution in [0, 0.1) is 11.3 Å². The average Bonchev–Trinajstić information content (AvgIpc) is 2.81. The summed E-state index contributed by atoms with van der Waals surface area (Å²) in [6, 6.07) is 5.33. The number of pyridine rings is 1. The number of nitriles is 1. The fourth-order valence-corrected chi connectivity index (χ4v) is 2.17. The summed E-state index contributed by atoms with van der Waals surface area (Å²) in [5.41, 5.74) is 0.553. The molecule has 0 saturated heterocycles.